The van der Waals surface area contributed by atoms with Crippen LogP contribution in [-0.4, -0.2) is 22.2 Å². The van der Waals surface area contributed by atoms with Gasteiger partial charge in [-0.3, -0.25) is 4.79 Å². The number of fused-ring (bicyclic) bond motifs is 1. The Bertz CT molecular complexity index is 1090. The van der Waals surface area contributed by atoms with Gasteiger partial charge in [-0.2, -0.15) is 0 Å². The number of nitrogens with zero attached hydrogens (tertiary/aromatic N) is 3. The molecule has 2 aromatic carbocycles. The molecule has 0 atom stereocenters. The maximum absolute atomic E-state index is 12.2. The third-order valence-corrected chi connectivity index (χ3v) is 4.93. The second-order valence-electron chi connectivity index (χ2n) is 7.16. The van der Waals surface area contributed by atoms with Gasteiger partial charge in [-0.05, 0) is 55.2 Å². The molecule has 7 heteroatoms. The molecule has 0 saturated carbocycles. The lowest BCUT2D eigenvalue weighted by Gasteiger charge is -2.13. The van der Waals surface area contributed by atoms with Crippen molar-refractivity contribution in [1.29, 1.82) is 0 Å². The largest absolute Gasteiger partial charge is 0.493 e. The first kappa shape index (κ1) is 20.9. The van der Waals surface area contributed by atoms with Gasteiger partial charge < -0.3 is 14.4 Å². The van der Waals surface area contributed by atoms with Crippen LogP contribution in [0.3, 0.4) is 0 Å². The van der Waals surface area contributed by atoms with E-state index < -0.39 is 5.91 Å². The van der Waals surface area contributed by atoms with E-state index in [9.17, 15) is 9.90 Å². The van der Waals surface area contributed by atoms with Crippen molar-refractivity contribution >= 4 is 34.1 Å². The predicted molar refractivity (Wildman–Crippen MR) is 115 cm³/mol. The van der Waals surface area contributed by atoms with E-state index >= 15 is 0 Å². The van der Waals surface area contributed by atoms with Gasteiger partial charge in [0, 0.05) is 17.0 Å². The SMILES string of the molecule is CCn1c(O)c(N=NC(=O)COc2cc(C)ccc2C(C)C)c2cc(Cl)ccc21. The molecule has 152 valence electrons. The molecule has 1 amide bonds. The van der Waals surface area contributed by atoms with Crippen molar-refractivity contribution in [1.82, 2.24) is 4.57 Å². The highest BCUT2D eigenvalue weighted by atomic mass is 35.5. The Morgan fingerprint density at radius 2 is 2.00 bits per heavy atom. The summed E-state index contributed by atoms with van der Waals surface area (Å²) < 4.78 is 7.38. The number of carbonyl (C=O) groups is 1. The average Bonchev–Trinajstić information content (AvgIpc) is 2.94. The number of aromatic nitrogens is 1. The van der Waals surface area contributed by atoms with E-state index in [1.807, 2.05) is 32.0 Å². The van der Waals surface area contributed by atoms with Gasteiger partial charge >= 0.3 is 5.91 Å². The van der Waals surface area contributed by atoms with Crippen molar-refractivity contribution in [2.24, 2.45) is 10.2 Å². The summed E-state index contributed by atoms with van der Waals surface area (Å²) >= 11 is 6.08. The lowest BCUT2D eigenvalue weighted by Crippen LogP contribution is -2.09. The minimum Gasteiger partial charge on any atom is -0.493 e. The van der Waals surface area contributed by atoms with Gasteiger partial charge in [0.2, 0.25) is 5.88 Å². The number of ether oxygens (including phenoxy) is 1. The van der Waals surface area contributed by atoms with Crippen LogP contribution in [0.15, 0.2) is 46.6 Å². The summed E-state index contributed by atoms with van der Waals surface area (Å²) in [6, 6.07) is 11.2. The second-order valence-corrected chi connectivity index (χ2v) is 7.59. The van der Waals surface area contributed by atoms with Gasteiger partial charge in [-0.1, -0.05) is 37.6 Å². The minimum atomic E-state index is -0.542. The van der Waals surface area contributed by atoms with E-state index in [2.05, 4.69) is 24.1 Å². The molecule has 3 aromatic rings. The normalized spacial score (nSPS) is 11.7. The topological polar surface area (TPSA) is 76.2 Å². The quantitative estimate of drug-likeness (QED) is 0.493. The van der Waals surface area contributed by atoms with E-state index in [0.717, 1.165) is 16.6 Å². The number of hydrogen-bond donors (Lipinski definition) is 1. The van der Waals surface area contributed by atoms with E-state index in [1.54, 1.807) is 22.8 Å². The summed E-state index contributed by atoms with van der Waals surface area (Å²) in [5, 5.41) is 19.4. The van der Waals surface area contributed by atoms with Crippen LogP contribution < -0.4 is 4.74 Å². The van der Waals surface area contributed by atoms with Crippen LogP contribution >= 0.6 is 11.6 Å². The molecule has 0 unspecified atom stereocenters. The summed E-state index contributed by atoms with van der Waals surface area (Å²) in [7, 11) is 0. The van der Waals surface area contributed by atoms with Crippen molar-refractivity contribution in [3.63, 3.8) is 0 Å². The molecule has 29 heavy (non-hydrogen) atoms. The standard InChI is InChI=1S/C22H24ClN3O3/c1-5-26-18-9-7-15(23)11-17(18)21(22(26)28)25-24-20(27)12-29-19-10-14(4)6-8-16(19)13(2)3/h6-11,13,28H,5,12H2,1-4H3. The smallest absolute Gasteiger partial charge is 0.302 e. The lowest BCUT2D eigenvalue weighted by molar-refractivity contribution is -0.120. The Kier molecular flexibility index (Phi) is 6.23. The Labute approximate surface area is 174 Å². The third-order valence-electron chi connectivity index (χ3n) is 4.69. The molecule has 0 aliphatic heterocycles. The monoisotopic (exact) mass is 413 g/mol. The van der Waals surface area contributed by atoms with Crippen LogP contribution in [0, 0.1) is 6.92 Å². The molecule has 0 fully saturated rings. The molecule has 3 rings (SSSR count). The van der Waals surface area contributed by atoms with Crippen molar-refractivity contribution < 1.29 is 14.6 Å². The highest BCUT2D eigenvalue weighted by molar-refractivity contribution is 6.31. The van der Waals surface area contributed by atoms with Crippen LogP contribution in [0.5, 0.6) is 11.6 Å². The number of rotatable bonds is 6. The first-order valence-electron chi connectivity index (χ1n) is 9.50. The lowest BCUT2D eigenvalue weighted by atomic mass is 10.0. The van der Waals surface area contributed by atoms with Gasteiger partial charge in [0.15, 0.2) is 12.3 Å². The van der Waals surface area contributed by atoms with Crippen molar-refractivity contribution in [2.45, 2.75) is 40.2 Å². The average molecular weight is 414 g/mol. The summed E-state index contributed by atoms with van der Waals surface area (Å²) in [4.78, 5) is 12.2. The molecule has 1 heterocycles. The van der Waals surface area contributed by atoms with Crippen LogP contribution in [0.25, 0.3) is 10.9 Å². The number of aromatic hydroxyl groups is 1. The first-order chi connectivity index (χ1) is 13.8. The Hall–Kier alpha value is -2.86. The zero-order valence-corrected chi connectivity index (χ0v) is 17.7. The molecular weight excluding hydrogens is 390 g/mol. The Morgan fingerprint density at radius 1 is 1.24 bits per heavy atom. The number of halogens is 1. The summed E-state index contributed by atoms with van der Waals surface area (Å²) in [5.41, 5.74) is 3.07. The van der Waals surface area contributed by atoms with Crippen LogP contribution in [0.1, 0.15) is 37.8 Å². The summed E-state index contributed by atoms with van der Waals surface area (Å²) in [6.45, 7) is 8.31. The van der Waals surface area contributed by atoms with Crippen LogP contribution in [0.2, 0.25) is 5.02 Å². The van der Waals surface area contributed by atoms with Crippen LogP contribution in [-0.2, 0) is 11.3 Å². The van der Waals surface area contributed by atoms with Crippen molar-refractivity contribution in [2.75, 3.05) is 6.61 Å². The molecule has 0 spiro atoms. The molecule has 0 bridgehead atoms. The third kappa shape index (κ3) is 4.43. The first-order valence-corrected chi connectivity index (χ1v) is 9.88. The van der Waals surface area contributed by atoms with Crippen molar-refractivity contribution in [3.05, 3.63) is 52.5 Å². The van der Waals surface area contributed by atoms with Gasteiger partial charge in [0.05, 0.1) is 5.52 Å². The molecule has 1 aromatic heterocycles. The van der Waals surface area contributed by atoms with E-state index in [4.69, 9.17) is 16.3 Å². The number of benzene rings is 2. The number of aryl methyl sites for hydroxylation is 2. The molecule has 0 aliphatic rings. The van der Waals surface area contributed by atoms with E-state index in [0.29, 0.717) is 22.7 Å². The fraction of sp³-hybridized carbons (Fsp3) is 0.318. The highest BCUT2D eigenvalue weighted by Gasteiger charge is 2.17. The van der Waals surface area contributed by atoms with Gasteiger partial charge in [0.1, 0.15) is 5.75 Å². The van der Waals surface area contributed by atoms with Gasteiger partial charge in [-0.15, -0.1) is 10.2 Å². The van der Waals surface area contributed by atoms with E-state index in [-0.39, 0.29) is 24.1 Å². The van der Waals surface area contributed by atoms with Crippen molar-refractivity contribution in [3.8, 4) is 11.6 Å². The second kappa shape index (κ2) is 8.66. The zero-order chi connectivity index (χ0) is 21.1. The minimum absolute atomic E-state index is 0.0528. The summed E-state index contributed by atoms with van der Waals surface area (Å²) in [6.07, 6.45) is 0. The molecule has 0 radical (unpaired) electrons. The maximum atomic E-state index is 12.2. The summed E-state index contributed by atoms with van der Waals surface area (Å²) in [5.74, 6) is 0.341. The van der Waals surface area contributed by atoms with Gasteiger partial charge in [-0.25, -0.2) is 0 Å². The zero-order valence-electron chi connectivity index (χ0n) is 16.9. The Morgan fingerprint density at radius 3 is 2.69 bits per heavy atom. The molecule has 0 aliphatic carbocycles. The number of carbonyl (C=O) groups excluding carboxylic acids is 1. The predicted octanol–water partition coefficient (Wildman–Crippen LogP) is 6.14. The van der Waals surface area contributed by atoms with Gasteiger partial charge in [0.25, 0.3) is 0 Å². The number of azo groups is 1. The molecule has 1 N–H and O–H groups in total. The number of amides is 1. The van der Waals surface area contributed by atoms with Crippen LogP contribution in [0.4, 0.5) is 5.69 Å². The molecule has 6 nitrogen and oxygen atoms in total. The molecular formula is C22H24ClN3O3. The van der Waals surface area contributed by atoms with E-state index in [1.165, 1.54) is 0 Å². The fourth-order valence-corrected chi connectivity index (χ4v) is 3.40. The highest BCUT2D eigenvalue weighted by Crippen LogP contribution is 2.40. The maximum Gasteiger partial charge on any atom is 0.302 e. The fourth-order valence-electron chi connectivity index (χ4n) is 3.23. The molecule has 0 saturated heterocycles. The number of hydrogen-bond acceptors (Lipinski definition) is 4. The Balaban J connectivity index is 1.81.